The van der Waals surface area contributed by atoms with Crippen LogP contribution < -0.4 is 5.63 Å². The van der Waals surface area contributed by atoms with Crippen molar-refractivity contribution in [1.29, 1.82) is 0 Å². The van der Waals surface area contributed by atoms with E-state index in [1.807, 2.05) is 60.7 Å². The second-order valence-electron chi connectivity index (χ2n) is 4.26. The number of benzene rings is 2. The summed E-state index contributed by atoms with van der Waals surface area (Å²) >= 11 is 0. The van der Waals surface area contributed by atoms with Crippen LogP contribution in [0.25, 0.3) is 22.3 Å². The molecule has 2 heteroatoms. The van der Waals surface area contributed by atoms with Crippen LogP contribution >= 0.6 is 0 Å². The second-order valence-corrected chi connectivity index (χ2v) is 4.26. The van der Waals surface area contributed by atoms with Crippen LogP contribution in [0.4, 0.5) is 0 Å². The summed E-state index contributed by atoms with van der Waals surface area (Å²) in [6, 6.07) is 21.3. The van der Waals surface area contributed by atoms with Gasteiger partial charge in [0.05, 0.1) is 0 Å². The fourth-order valence-corrected chi connectivity index (χ4v) is 2.11. The Labute approximate surface area is 111 Å². The summed E-state index contributed by atoms with van der Waals surface area (Å²) in [5, 5.41) is 0. The van der Waals surface area contributed by atoms with E-state index >= 15 is 0 Å². The van der Waals surface area contributed by atoms with Crippen LogP contribution in [0.3, 0.4) is 0 Å². The van der Waals surface area contributed by atoms with Crippen LogP contribution in [0.5, 0.6) is 0 Å². The predicted molar refractivity (Wildman–Crippen MR) is 75.9 cm³/mol. The highest BCUT2D eigenvalue weighted by Crippen LogP contribution is 2.30. The Balaban J connectivity index is 2.24. The van der Waals surface area contributed by atoms with Gasteiger partial charge in [-0.3, -0.25) is 0 Å². The molecule has 0 aliphatic carbocycles. The van der Waals surface area contributed by atoms with Gasteiger partial charge in [-0.15, -0.1) is 0 Å². The Bertz CT molecular complexity index is 728. The maximum atomic E-state index is 11.5. The Morgan fingerprint density at radius 2 is 1.21 bits per heavy atom. The highest BCUT2D eigenvalue weighted by Gasteiger charge is 2.08. The molecule has 0 aliphatic heterocycles. The molecule has 0 unspecified atom stereocenters. The molecule has 2 aromatic carbocycles. The monoisotopic (exact) mass is 248 g/mol. The van der Waals surface area contributed by atoms with Gasteiger partial charge in [0.1, 0.15) is 6.26 Å². The molecule has 2 nitrogen and oxygen atoms in total. The van der Waals surface area contributed by atoms with E-state index in [2.05, 4.69) is 0 Å². The summed E-state index contributed by atoms with van der Waals surface area (Å²) in [5.41, 5.74) is 3.52. The largest absolute Gasteiger partial charge is 0.431 e. The van der Waals surface area contributed by atoms with Gasteiger partial charge >= 0.3 is 5.63 Å². The maximum absolute atomic E-state index is 11.5. The molecular formula is C17H12O2. The lowest BCUT2D eigenvalue weighted by atomic mass is 9.97. The van der Waals surface area contributed by atoms with Crippen molar-refractivity contribution in [2.75, 3.05) is 0 Å². The van der Waals surface area contributed by atoms with Crippen molar-refractivity contribution in [2.45, 2.75) is 0 Å². The SMILES string of the molecule is O=c1cc(-c2ccccc2)c(-c2ccccc2)co1. The summed E-state index contributed by atoms with van der Waals surface area (Å²) < 4.78 is 5.02. The van der Waals surface area contributed by atoms with Crippen LogP contribution in [0.1, 0.15) is 0 Å². The average molecular weight is 248 g/mol. The molecule has 0 saturated heterocycles. The normalized spacial score (nSPS) is 10.3. The molecule has 3 aromatic rings. The first-order valence-corrected chi connectivity index (χ1v) is 6.08. The predicted octanol–water partition coefficient (Wildman–Crippen LogP) is 3.97. The van der Waals surface area contributed by atoms with Gasteiger partial charge in [-0.2, -0.15) is 0 Å². The Hall–Kier alpha value is -2.61. The summed E-state index contributed by atoms with van der Waals surface area (Å²) in [5.74, 6) is 0. The number of hydrogen-bond acceptors (Lipinski definition) is 2. The van der Waals surface area contributed by atoms with Crippen LogP contribution in [-0.2, 0) is 0 Å². The van der Waals surface area contributed by atoms with E-state index in [1.165, 1.54) is 12.3 Å². The topological polar surface area (TPSA) is 30.2 Å². The molecule has 3 rings (SSSR count). The molecule has 0 amide bonds. The Morgan fingerprint density at radius 3 is 1.79 bits per heavy atom. The smallest absolute Gasteiger partial charge is 0.336 e. The highest BCUT2D eigenvalue weighted by molar-refractivity contribution is 5.82. The van der Waals surface area contributed by atoms with E-state index in [-0.39, 0.29) is 5.63 Å². The van der Waals surface area contributed by atoms with Gasteiger partial charge in [0.15, 0.2) is 0 Å². The van der Waals surface area contributed by atoms with Gasteiger partial charge < -0.3 is 4.42 Å². The molecule has 1 heterocycles. The fraction of sp³-hybridized carbons (Fsp3) is 0. The zero-order valence-corrected chi connectivity index (χ0v) is 10.2. The highest BCUT2D eigenvalue weighted by atomic mass is 16.4. The van der Waals surface area contributed by atoms with Crippen LogP contribution in [0.2, 0.25) is 0 Å². The second kappa shape index (κ2) is 4.94. The minimum Gasteiger partial charge on any atom is -0.431 e. The molecule has 0 bridgehead atoms. The van der Waals surface area contributed by atoms with Crippen molar-refractivity contribution in [3.63, 3.8) is 0 Å². The first-order valence-electron chi connectivity index (χ1n) is 6.08. The van der Waals surface area contributed by atoms with E-state index in [0.717, 1.165) is 22.3 Å². The Kier molecular flexibility index (Phi) is 2.99. The molecule has 0 saturated carbocycles. The molecule has 92 valence electrons. The Morgan fingerprint density at radius 1 is 0.684 bits per heavy atom. The first kappa shape index (κ1) is 11.5. The molecule has 0 atom stereocenters. The minimum atomic E-state index is -0.335. The van der Waals surface area contributed by atoms with Crippen molar-refractivity contribution < 1.29 is 4.42 Å². The first-order chi connectivity index (χ1) is 9.34. The average Bonchev–Trinajstić information content (AvgIpc) is 2.49. The standard InChI is InChI=1S/C17H12O2/c18-17-11-15(13-7-3-1-4-8-13)16(12-19-17)14-9-5-2-6-10-14/h1-12H. The third-order valence-corrected chi connectivity index (χ3v) is 3.01. The lowest BCUT2D eigenvalue weighted by molar-refractivity contribution is 0.513. The molecule has 1 aromatic heterocycles. The summed E-state index contributed by atoms with van der Waals surface area (Å²) in [4.78, 5) is 11.5. The number of rotatable bonds is 2. The number of hydrogen-bond donors (Lipinski definition) is 0. The van der Waals surface area contributed by atoms with Crippen molar-refractivity contribution in [3.05, 3.63) is 83.4 Å². The third-order valence-electron chi connectivity index (χ3n) is 3.01. The van der Waals surface area contributed by atoms with E-state index in [9.17, 15) is 4.79 Å². The molecular weight excluding hydrogens is 236 g/mol. The molecule has 0 radical (unpaired) electrons. The fourth-order valence-electron chi connectivity index (χ4n) is 2.11. The summed E-state index contributed by atoms with van der Waals surface area (Å²) in [6.07, 6.45) is 1.53. The van der Waals surface area contributed by atoms with Gasteiger partial charge in [-0.25, -0.2) is 4.79 Å². The van der Waals surface area contributed by atoms with Crippen LogP contribution in [-0.4, -0.2) is 0 Å². The van der Waals surface area contributed by atoms with Crippen LogP contribution in [0, 0.1) is 0 Å². The molecule has 19 heavy (non-hydrogen) atoms. The zero-order chi connectivity index (χ0) is 13.1. The summed E-state index contributed by atoms with van der Waals surface area (Å²) in [7, 11) is 0. The molecule has 0 aliphatic rings. The van der Waals surface area contributed by atoms with Crippen molar-refractivity contribution in [2.24, 2.45) is 0 Å². The van der Waals surface area contributed by atoms with E-state index in [0.29, 0.717) is 0 Å². The lowest BCUT2D eigenvalue weighted by Crippen LogP contribution is -1.98. The minimum absolute atomic E-state index is 0.335. The van der Waals surface area contributed by atoms with Gasteiger partial charge in [0.2, 0.25) is 0 Å². The van der Waals surface area contributed by atoms with Gasteiger partial charge in [0, 0.05) is 11.6 Å². The van der Waals surface area contributed by atoms with Crippen molar-refractivity contribution in [1.82, 2.24) is 0 Å². The van der Waals surface area contributed by atoms with Gasteiger partial charge in [-0.05, 0) is 16.7 Å². The zero-order valence-electron chi connectivity index (χ0n) is 10.2. The molecule has 0 spiro atoms. The van der Waals surface area contributed by atoms with Gasteiger partial charge in [0.25, 0.3) is 0 Å². The van der Waals surface area contributed by atoms with Crippen LogP contribution in [0.15, 0.2) is 82.2 Å². The summed E-state index contributed by atoms with van der Waals surface area (Å²) in [6.45, 7) is 0. The maximum Gasteiger partial charge on any atom is 0.336 e. The van der Waals surface area contributed by atoms with Gasteiger partial charge in [-0.1, -0.05) is 60.7 Å². The quantitative estimate of drug-likeness (QED) is 0.686. The van der Waals surface area contributed by atoms with Crippen molar-refractivity contribution >= 4 is 0 Å². The molecule has 0 fully saturated rings. The van der Waals surface area contributed by atoms with Crippen molar-refractivity contribution in [3.8, 4) is 22.3 Å². The third kappa shape index (κ3) is 2.33. The van der Waals surface area contributed by atoms with E-state index in [4.69, 9.17) is 4.42 Å². The van der Waals surface area contributed by atoms with E-state index < -0.39 is 0 Å². The van der Waals surface area contributed by atoms with E-state index in [1.54, 1.807) is 0 Å². The molecule has 0 N–H and O–H groups in total. The lowest BCUT2D eigenvalue weighted by Gasteiger charge is -2.08.